The zero-order chi connectivity index (χ0) is 21.0. The molecule has 0 saturated carbocycles. The van der Waals surface area contributed by atoms with E-state index in [2.05, 4.69) is 70.2 Å². The Balaban J connectivity index is 2.01. The summed E-state index contributed by atoms with van der Waals surface area (Å²) in [6, 6.07) is 20.7. The van der Waals surface area contributed by atoms with Crippen LogP contribution >= 0.6 is 22.6 Å². The van der Waals surface area contributed by atoms with Crippen molar-refractivity contribution in [2.75, 3.05) is 0 Å². The molecule has 2 aromatic rings. The van der Waals surface area contributed by atoms with Crippen molar-refractivity contribution < 1.29 is 9.29 Å². The van der Waals surface area contributed by atoms with Crippen LogP contribution in [-0.4, -0.2) is 29.7 Å². The van der Waals surface area contributed by atoms with Gasteiger partial charge in [0, 0.05) is 15.3 Å². The summed E-state index contributed by atoms with van der Waals surface area (Å²) in [5, 5.41) is 0. The Kier molecular flexibility index (Phi) is 8.07. The molecular formula is C24H32INO2S. The first kappa shape index (κ1) is 23.1. The van der Waals surface area contributed by atoms with E-state index in [1.165, 1.54) is 11.1 Å². The van der Waals surface area contributed by atoms with Gasteiger partial charge in [0.15, 0.2) is 0 Å². The summed E-state index contributed by atoms with van der Waals surface area (Å²) >= 11 is 1.32. The molecule has 29 heavy (non-hydrogen) atoms. The highest BCUT2D eigenvalue weighted by molar-refractivity contribution is 14.1. The monoisotopic (exact) mass is 525 g/mol. The maximum atomic E-state index is 13.8. The lowest BCUT2D eigenvalue weighted by Gasteiger charge is -2.43. The van der Waals surface area contributed by atoms with Crippen LogP contribution in [0.4, 0.5) is 0 Å². The number of hydrogen-bond donors (Lipinski definition) is 0. The van der Waals surface area contributed by atoms with Crippen LogP contribution in [0.2, 0.25) is 0 Å². The number of ether oxygens (including phenoxy) is 1. The third kappa shape index (κ3) is 5.97. The van der Waals surface area contributed by atoms with E-state index in [4.69, 9.17) is 4.74 Å². The predicted octanol–water partition coefficient (Wildman–Crippen LogP) is 6.06. The highest BCUT2D eigenvalue weighted by Gasteiger charge is 2.44. The number of benzene rings is 2. The topological polar surface area (TPSA) is 35.5 Å². The van der Waals surface area contributed by atoms with Crippen LogP contribution in [0.3, 0.4) is 0 Å². The van der Waals surface area contributed by atoms with E-state index in [0.29, 0.717) is 10.5 Å². The Bertz CT molecular complexity index is 752. The molecular weight excluding hydrogens is 493 g/mol. The highest BCUT2D eigenvalue weighted by Crippen LogP contribution is 2.40. The fourth-order valence-corrected chi connectivity index (χ4v) is 5.77. The second-order valence-corrected chi connectivity index (χ2v) is 12.5. The lowest BCUT2D eigenvalue weighted by molar-refractivity contribution is -0.0661. The summed E-state index contributed by atoms with van der Waals surface area (Å²) in [6.45, 7) is 8.94. The van der Waals surface area contributed by atoms with Gasteiger partial charge in [-0.25, -0.2) is 0 Å². The van der Waals surface area contributed by atoms with E-state index in [1.807, 2.05) is 45.0 Å². The van der Waals surface area contributed by atoms with Gasteiger partial charge in [-0.2, -0.15) is 0 Å². The lowest BCUT2D eigenvalue weighted by atomic mass is 9.94. The minimum Gasteiger partial charge on any atom is -0.597 e. The molecule has 5 atom stereocenters. The molecule has 1 aliphatic rings. The molecule has 0 spiro atoms. The van der Waals surface area contributed by atoms with Gasteiger partial charge in [0.1, 0.15) is 10.8 Å². The number of rotatable bonds is 6. The summed E-state index contributed by atoms with van der Waals surface area (Å²) < 4.78 is 22.6. The zero-order valence-corrected chi connectivity index (χ0v) is 20.7. The van der Waals surface area contributed by atoms with E-state index < -0.39 is 11.4 Å². The van der Waals surface area contributed by atoms with Crippen molar-refractivity contribution in [3.8, 4) is 0 Å². The SMILES string of the molecule is CC1O[C@H]([C@@H](c2ccccc2)N(Cc2ccccc2)[S@+]([O-])C(C)(C)C)CCC1I. The molecule has 2 unspecified atom stereocenters. The van der Waals surface area contributed by atoms with Gasteiger partial charge in [-0.15, -0.1) is 4.31 Å². The number of halogens is 1. The Morgan fingerprint density at radius 2 is 1.66 bits per heavy atom. The maximum absolute atomic E-state index is 13.8. The molecule has 3 rings (SSSR count). The second kappa shape index (κ2) is 10.1. The van der Waals surface area contributed by atoms with Crippen molar-refractivity contribution in [1.82, 2.24) is 4.31 Å². The number of alkyl halides is 1. The fourth-order valence-electron chi connectivity index (χ4n) is 3.81. The Hall–Kier alpha value is -0.600. The van der Waals surface area contributed by atoms with Crippen LogP contribution in [0.25, 0.3) is 0 Å². The molecule has 0 radical (unpaired) electrons. The highest BCUT2D eigenvalue weighted by atomic mass is 127. The van der Waals surface area contributed by atoms with Crippen LogP contribution in [-0.2, 0) is 22.6 Å². The third-order valence-corrected chi connectivity index (χ3v) is 8.81. The lowest BCUT2D eigenvalue weighted by Crippen LogP contribution is -2.50. The van der Waals surface area contributed by atoms with Crippen LogP contribution in [0, 0.1) is 0 Å². The molecule has 0 N–H and O–H groups in total. The average Bonchev–Trinajstić information content (AvgIpc) is 2.70. The molecule has 2 aromatic carbocycles. The fraction of sp³-hybridized carbons (Fsp3) is 0.500. The van der Waals surface area contributed by atoms with Crippen molar-refractivity contribution in [3.63, 3.8) is 0 Å². The average molecular weight is 525 g/mol. The summed E-state index contributed by atoms with van der Waals surface area (Å²) in [6.07, 6.45) is 2.32. The van der Waals surface area contributed by atoms with Gasteiger partial charge in [0.05, 0.1) is 18.8 Å². The third-order valence-electron chi connectivity index (χ3n) is 5.35. The van der Waals surface area contributed by atoms with Gasteiger partial charge in [0.25, 0.3) is 0 Å². The normalized spacial score (nSPS) is 25.0. The molecule has 0 amide bonds. The molecule has 0 aliphatic carbocycles. The molecule has 1 aliphatic heterocycles. The molecule has 1 fully saturated rings. The predicted molar refractivity (Wildman–Crippen MR) is 130 cm³/mol. The Morgan fingerprint density at radius 3 is 2.21 bits per heavy atom. The molecule has 1 saturated heterocycles. The van der Waals surface area contributed by atoms with Crippen LogP contribution in [0.5, 0.6) is 0 Å². The largest absolute Gasteiger partial charge is 0.597 e. The second-order valence-electron chi connectivity index (χ2n) is 8.75. The minimum atomic E-state index is -1.18. The summed E-state index contributed by atoms with van der Waals surface area (Å²) in [4.78, 5) is 0. The van der Waals surface area contributed by atoms with E-state index in [9.17, 15) is 4.55 Å². The molecule has 5 heteroatoms. The summed E-state index contributed by atoms with van der Waals surface area (Å²) in [5.74, 6) is 0. The van der Waals surface area contributed by atoms with Crippen molar-refractivity contribution in [3.05, 3.63) is 71.8 Å². The molecule has 0 aromatic heterocycles. The van der Waals surface area contributed by atoms with E-state index in [1.54, 1.807) is 0 Å². The standard InChI is InChI=1S/C24H32INO2S/c1-18-21(25)15-16-22(28-18)23(20-13-9-6-10-14-20)26(29(27)24(2,3)4)17-19-11-7-5-8-12-19/h5-14,18,21-23H,15-17H2,1-4H3/t18?,21?,22-,23+,29+/m0/s1. The summed E-state index contributed by atoms with van der Waals surface area (Å²) in [7, 11) is 0. The van der Waals surface area contributed by atoms with Gasteiger partial charge in [-0.3, -0.25) is 0 Å². The minimum absolute atomic E-state index is 0.0217. The molecule has 158 valence electrons. The van der Waals surface area contributed by atoms with Crippen molar-refractivity contribution in [1.29, 1.82) is 0 Å². The summed E-state index contributed by atoms with van der Waals surface area (Å²) in [5.41, 5.74) is 2.34. The van der Waals surface area contributed by atoms with Gasteiger partial charge in [-0.1, -0.05) is 83.3 Å². The molecule has 0 bridgehead atoms. The first-order valence-corrected chi connectivity index (χ1v) is 12.7. The number of hydrogen-bond acceptors (Lipinski definition) is 3. The zero-order valence-electron chi connectivity index (χ0n) is 17.8. The quantitative estimate of drug-likeness (QED) is 0.261. The molecule has 1 heterocycles. The van der Waals surface area contributed by atoms with Gasteiger partial charge < -0.3 is 9.29 Å². The van der Waals surface area contributed by atoms with E-state index >= 15 is 0 Å². The van der Waals surface area contributed by atoms with Crippen LogP contribution in [0.15, 0.2) is 60.7 Å². The Labute approximate surface area is 192 Å². The van der Waals surface area contributed by atoms with Gasteiger partial charge in [-0.05, 0) is 51.7 Å². The van der Waals surface area contributed by atoms with Crippen molar-refractivity contribution >= 4 is 34.0 Å². The first-order valence-electron chi connectivity index (χ1n) is 10.3. The van der Waals surface area contributed by atoms with Gasteiger partial charge >= 0.3 is 0 Å². The van der Waals surface area contributed by atoms with E-state index in [0.717, 1.165) is 12.8 Å². The maximum Gasteiger partial charge on any atom is 0.137 e. The Morgan fingerprint density at radius 1 is 1.07 bits per heavy atom. The van der Waals surface area contributed by atoms with Crippen molar-refractivity contribution in [2.45, 2.75) is 74.0 Å². The smallest absolute Gasteiger partial charge is 0.137 e. The number of nitrogens with zero attached hydrogens (tertiary/aromatic N) is 1. The van der Waals surface area contributed by atoms with E-state index in [-0.39, 0.29) is 23.0 Å². The molecule has 3 nitrogen and oxygen atoms in total. The van der Waals surface area contributed by atoms with Gasteiger partial charge in [0.2, 0.25) is 0 Å². The van der Waals surface area contributed by atoms with Crippen molar-refractivity contribution in [2.24, 2.45) is 0 Å². The first-order chi connectivity index (χ1) is 13.8. The van der Waals surface area contributed by atoms with Crippen LogP contribution in [0.1, 0.15) is 57.7 Å². The van der Waals surface area contributed by atoms with Crippen LogP contribution < -0.4 is 0 Å².